The van der Waals surface area contributed by atoms with Gasteiger partial charge in [-0.3, -0.25) is 4.90 Å². The van der Waals surface area contributed by atoms with E-state index in [9.17, 15) is 0 Å². The molecule has 0 rings (SSSR count). The summed E-state index contributed by atoms with van der Waals surface area (Å²) in [6, 6.07) is 0.361. The molecule has 0 aliphatic carbocycles. The number of rotatable bonds is 15. The number of unbranched alkanes of at least 4 members (excludes halogenated alkanes) is 3. The van der Waals surface area contributed by atoms with Crippen LogP contribution in [-0.4, -0.2) is 35.9 Å². The molecule has 5 nitrogen and oxygen atoms in total. The molecule has 0 aliphatic rings. The zero-order valence-electron chi connectivity index (χ0n) is 17.1. The number of nitrogens with two attached hydrogens (primary N) is 2. The third-order valence-electron chi connectivity index (χ3n) is 4.27. The smallest absolute Gasteiger partial charge is 0.109 e. The lowest BCUT2D eigenvalue weighted by Crippen LogP contribution is -2.56. The van der Waals surface area contributed by atoms with Gasteiger partial charge in [-0.1, -0.05) is 47.0 Å². The molecule has 0 radical (unpaired) electrons. The molecular weight excluding hydrogens is 300 g/mol. The molecule has 0 fully saturated rings. The second-order valence-electron chi connectivity index (χ2n) is 8.11. The summed E-state index contributed by atoms with van der Waals surface area (Å²) < 4.78 is 0. The maximum absolute atomic E-state index is 6.12. The molecular formula is C19H44N4O. The summed E-state index contributed by atoms with van der Waals surface area (Å²) >= 11 is 0. The van der Waals surface area contributed by atoms with Crippen molar-refractivity contribution in [3.8, 4) is 0 Å². The first-order valence-electron chi connectivity index (χ1n) is 9.89. The first-order valence-corrected chi connectivity index (χ1v) is 9.89. The van der Waals surface area contributed by atoms with Crippen molar-refractivity contribution < 1.29 is 4.84 Å². The Morgan fingerprint density at radius 2 is 1.71 bits per heavy atom. The monoisotopic (exact) mass is 344 g/mol. The van der Waals surface area contributed by atoms with Crippen molar-refractivity contribution in [1.82, 2.24) is 10.4 Å². The maximum Gasteiger partial charge on any atom is 0.109 e. The van der Waals surface area contributed by atoms with Crippen LogP contribution in [-0.2, 0) is 4.84 Å². The van der Waals surface area contributed by atoms with Crippen molar-refractivity contribution in [2.75, 3.05) is 13.2 Å². The largest absolute Gasteiger partial charge is 0.304 e. The minimum absolute atomic E-state index is 0.106. The van der Waals surface area contributed by atoms with Crippen molar-refractivity contribution in [2.24, 2.45) is 17.4 Å². The van der Waals surface area contributed by atoms with Crippen LogP contribution in [0, 0.1) is 5.92 Å². The lowest BCUT2D eigenvalue weighted by molar-refractivity contribution is -0.0276. The first kappa shape index (κ1) is 23.8. The van der Waals surface area contributed by atoms with Gasteiger partial charge in [0, 0.05) is 18.1 Å². The van der Waals surface area contributed by atoms with Crippen molar-refractivity contribution in [3.63, 3.8) is 0 Å². The van der Waals surface area contributed by atoms with Crippen molar-refractivity contribution in [3.05, 3.63) is 0 Å². The van der Waals surface area contributed by atoms with E-state index in [0.29, 0.717) is 12.0 Å². The fourth-order valence-electron chi connectivity index (χ4n) is 3.16. The molecule has 24 heavy (non-hydrogen) atoms. The topological polar surface area (TPSA) is 76.5 Å². The van der Waals surface area contributed by atoms with Crippen molar-refractivity contribution in [2.45, 2.75) is 104 Å². The summed E-state index contributed by atoms with van der Waals surface area (Å²) in [5.74, 6) is 0.610. The van der Waals surface area contributed by atoms with Crippen molar-refractivity contribution in [1.29, 1.82) is 0 Å². The molecule has 146 valence electrons. The molecule has 0 saturated heterocycles. The second kappa shape index (κ2) is 13.1. The molecule has 0 aliphatic heterocycles. The molecule has 0 aromatic heterocycles. The first-order chi connectivity index (χ1) is 11.2. The van der Waals surface area contributed by atoms with Gasteiger partial charge in [0.05, 0.1) is 6.61 Å². The van der Waals surface area contributed by atoms with Gasteiger partial charge in [-0.2, -0.15) is 5.48 Å². The highest BCUT2D eigenvalue weighted by molar-refractivity contribution is 4.85. The van der Waals surface area contributed by atoms with E-state index < -0.39 is 6.29 Å². The van der Waals surface area contributed by atoms with E-state index >= 15 is 0 Å². The van der Waals surface area contributed by atoms with E-state index in [1.54, 1.807) is 0 Å². The highest BCUT2D eigenvalue weighted by atomic mass is 16.6. The van der Waals surface area contributed by atoms with Crippen LogP contribution >= 0.6 is 0 Å². The average molecular weight is 345 g/mol. The lowest BCUT2D eigenvalue weighted by Gasteiger charge is -2.40. The van der Waals surface area contributed by atoms with Gasteiger partial charge in [-0.05, 0) is 45.4 Å². The molecule has 0 aromatic rings. The summed E-state index contributed by atoms with van der Waals surface area (Å²) in [7, 11) is 0. The Morgan fingerprint density at radius 1 is 1.04 bits per heavy atom. The van der Waals surface area contributed by atoms with Crippen LogP contribution in [0.15, 0.2) is 0 Å². The zero-order chi connectivity index (χ0) is 18.6. The fraction of sp³-hybridized carbons (Fsp3) is 1.00. The number of hydroxylamine groups is 1. The normalized spacial score (nSPS) is 14.1. The van der Waals surface area contributed by atoms with E-state index in [1.165, 1.54) is 19.3 Å². The minimum atomic E-state index is -0.400. The summed E-state index contributed by atoms with van der Waals surface area (Å²) in [4.78, 5) is 7.87. The van der Waals surface area contributed by atoms with Crippen LogP contribution in [0.2, 0.25) is 0 Å². The highest BCUT2D eigenvalue weighted by Gasteiger charge is 2.29. The third-order valence-corrected chi connectivity index (χ3v) is 4.27. The van der Waals surface area contributed by atoms with E-state index in [1.807, 2.05) is 0 Å². The van der Waals surface area contributed by atoms with Crippen LogP contribution < -0.4 is 16.9 Å². The zero-order valence-corrected chi connectivity index (χ0v) is 17.1. The Morgan fingerprint density at radius 3 is 2.21 bits per heavy atom. The van der Waals surface area contributed by atoms with Gasteiger partial charge in [0.15, 0.2) is 0 Å². The predicted molar refractivity (Wildman–Crippen MR) is 104 cm³/mol. The van der Waals surface area contributed by atoms with Gasteiger partial charge in [-0.15, -0.1) is 0 Å². The minimum Gasteiger partial charge on any atom is -0.304 e. The Kier molecular flexibility index (Phi) is 13.0. The average Bonchev–Trinajstić information content (AvgIpc) is 2.45. The van der Waals surface area contributed by atoms with Crippen LogP contribution in [0.5, 0.6) is 0 Å². The predicted octanol–water partition coefficient (Wildman–Crippen LogP) is 3.58. The number of hydrogen-bond acceptors (Lipinski definition) is 5. The van der Waals surface area contributed by atoms with Crippen LogP contribution in [0.1, 0.15) is 86.5 Å². The maximum atomic E-state index is 6.12. The molecule has 1 unspecified atom stereocenters. The van der Waals surface area contributed by atoms with Crippen LogP contribution in [0.25, 0.3) is 0 Å². The molecule has 0 bridgehead atoms. The molecule has 1 atom stereocenters. The lowest BCUT2D eigenvalue weighted by atomic mass is 9.89. The number of nitrogens with one attached hydrogen (secondary N) is 1. The summed E-state index contributed by atoms with van der Waals surface area (Å²) in [6.07, 6.45) is 7.60. The number of nitrogens with zero attached hydrogens (tertiary/aromatic N) is 1. The van der Waals surface area contributed by atoms with Gasteiger partial charge < -0.3 is 16.3 Å². The molecule has 0 spiro atoms. The van der Waals surface area contributed by atoms with E-state index in [2.05, 4.69) is 51.9 Å². The SMILES string of the molecule is CCCCCCN(C(N)N)C(CC(C)C)CC(C)(C)NOCCC. The van der Waals surface area contributed by atoms with Gasteiger partial charge in [-0.25, -0.2) is 0 Å². The molecule has 0 saturated carbocycles. The summed E-state index contributed by atoms with van der Waals surface area (Å²) in [6.45, 7) is 15.0. The van der Waals surface area contributed by atoms with E-state index in [0.717, 1.165) is 38.8 Å². The molecule has 0 aromatic carbocycles. The van der Waals surface area contributed by atoms with Gasteiger partial charge in [0.1, 0.15) is 6.29 Å². The van der Waals surface area contributed by atoms with Gasteiger partial charge >= 0.3 is 0 Å². The van der Waals surface area contributed by atoms with Gasteiger partial charge in [0.2, 0.25) is 0 Å². The van der Waals surface area contributed by atoms with Crippen LogP contribution in [0.3, 0.4) is 0 Å². The second-order valence-corrected chi connectivity index (χ2v) is 8.11. The van der Waals surface area contributed by atoms with Gasteiger partial charge in [0.25, 0.3) is 0 Å². The Hall–Kier alpha value is -0.200. The summed E-state index contributed by atoms with van der Waals surface area (Å²) in [5.41, 5.74) is 15.4. The quantitative estimate of drug-likeness (QED) is 0.240. The molecule has 0 heterocycles. The third kappa shape index (κ3) is 11.4. The van der Waals surface area contributed by atoms with Crippen molar-refractivity contribution >= 4 is 0 Å². The standard InChI is InChI=1S/C19H44N4O/c1-7-9-10-11-12-23(18(20)21)17(14-16(3)4)15-19(5,6)22-24-13-8-2/h16-18,22H,7-15,20-21H2,1-6H3. The highest BCUT2D eigenvalue weighted by Crippen LogP contribution is 2.23. The Bertz CT molecular complexity index is 295. The molecule has 5 heteroatoms. The fourth-order valence-corrected chi connectivity index (χ4v) is 3.16. The Labute approximate surface area is 150 Å². The molecule has 5 N–H and O–H groups in total. The van der Waals surface area contributed by atoms with E-state index in [-0.39, 0.29) is 5.54 Å². The molecule has 0 amide bonds. The summed E-state index contributed by atoms with van der Waals surface area (Å²) in [5, 5.41) is 0. The number of hydrogen-bond donors (Lipinski definition) is 3. The van der Waals surface area contributed by atoms with E-state index in [4.69, 9.17) is 16.3 Å². The van der Waals surface area contributed by atoms with Crippen LogP contribution in [0.4, 0.5) is 0 Å². The Balaban J connectivity index is 4.82.